The number of hydrogen-bond acceptors (Lipinski definition) is 7. The molecule has 0 spiro atoms. The summed E-state index contributed by atoms with van der Waals surface area (Å²) in [5, 5.41) is 12.4. The van der Waals surface area contributed by atoms with Crippen molar-refractivity contribution < 1.29 is 5.11 Å². The Labute approximate surface area is 126 Å². The summed E-state index contributed by atoms with van der Waals surface area (Å²) in [6, 6.07) is 0. The summed E-state index contributed by atoms with van der Waals surface area (Å²) in [6.07, 6.45) is 2.13. The van der Waals surface area contributed by atoms with E-state index in [1.54, 1.807) is 0 Å². The van der Waals surface area contributed by atoms with Gasteiger partial charge in [0.2, 0.25) is 17.8 Å². The third kappa shape index (κ3) is 3.72. The average Bonchev–Trinajstić information content (AvgIpc) is 2.55. The van der Waals surface area contributed by atoms with Crippen LogP contribution in [-0.4, -0.2) is 59.9 Å². The molecule has 1 unspecified atom stereocenters. The topological polar surface area (TPSA) is 77.4 Å². The number of aliphatic hydroxyl groups is 1. The highest BCUT2D eigenvalue weighted by Gasteiger charge is 2.23. The van der Waals surface area contributed by atoms with E-state index in [4.69, 9.17) is 0 Å². The molecule has 0 aromatic carbocycles. The fourth-order valence-corrected chi connectivity index (χ4v) is 2.65. The highest BCUT2D eigenvalue weighted by molar-refractivity contribution is 5.45. The molecule has 1 aromatic rings. The monoisotopic (exact) mass is 294 g/mol. The van der Waals surface area contributed by atoms with Gasteiger partial charge in [-0.25, -0.2) is 0 Å². The molecule has 21 heavy (non-hydrogen) atoms. The van der Waals surface area contributed by atoms with Gasteiger partial charge in [-0.1, -0.05) is 0 Å². The number of piperidine rings is 1. The van der Waals surface area contributed by atoms with E-state index in [1.165, 1.54) is 0 Å². The molecule has 0 aliphatic carbocycles. The Hall–Kier alpha value is -1.63. The molecule has 2 N–H and O–H groups in total. The zero-order valence-corrected chi connectivity index (χ0v) is 13.2. The lowest BCUT2D eigenvalue weighted by atomic mass is 9.99. The Balaban J connectivity index is 2.27. The predicted octanol–water partition coefficient (Wildman–Crippen LogP) is 0.968. The van der Waals surface area contributed by atoms with Crippen molar-refractivity contribution in [3.05, 3.63) is 0 Å². The maximum Gasteiger partial charge on any atom is 0.231 e. The number of aliphatic hydroxyl groups excluding tert-OH is 1. The van der Waals surface area contributed by atoms with Crippen molar-refractivity contribution >= 4 is 17.8 Å². The fourth-order valence-electron chi connectivity index (χ4n) is 2.65. The van der Waals surface area contributed by atoms with Crippen LogP contribution in [0.2, 0.25) is 0 Å². The van der Waals surface area contributed by atoms with E-state index in [1.807, 2.05) is 7.05 Å². The number of hydrogen-bond donors (Lipinski definition) is 2. The summed E-state index contributed by atoms with van der Waals surface area (Å²) < 4.78 is 0. The van der Waals surface area contributed by atoms with E-state index < -0.39 is 0 Å². The number of nitrogens with zero attached hydrogens (tertiary/aromatic N) is 5. The van der Waals surface area contributed by atoms with Crippen LogP contribution < -0.4 is 15.1 Å². The van der Waals surface area contributed by atoms with E-state index in [0.29, 0.717) is 23.8 Å². The summed E-state index contributed by atoms with van der Waals surface area (Å²) in [7, 11) is 1.82. The maximum absolute atomic E-state index is 9.37. The third-order valence-corrected chi connectivity index (χ3v) is 3.94. The summed E-state index contributed by atoms with van der Waals surface area (Å²) in [5.74, 6) is 2.31. The van der Waals surface area contributed by atoms with Crippen LogP contribution in [-0.2, 0) is 0 Å². The molecule has 1 fully saturated rings. The van der Waals surface area contributed by atoms with E-state index >= 15 is 0 Å². The Morgan fingerprint density at radius 1 is 1.29 bits per heavy atom. The van der Waals surface area contributed by atoms with Crippen molar-refractivity contribution in [2.45, 2.75) is 26.7 Å². The van der Waals surface area contributed by atoms with E-state index in [-0.39, 0.29) is 6.61 Å². The standard InChI is InChI=1S/C14H26N6O/c1-4-19(5-2)13-16-12(15-3)17-14(18-13)20-8-6-7-11(9-20)10-21/h11,21H,4-10H2,1-3H3,(H,15,16,17,18). The van der Waals surface area contributed by atoms with Crippen LogP contribution in [0.4, 0.5) is 17.8 Å². The molecule has 1 atom stereocenters. The van der Waals surface area contributed by atoms with Crippen molar-refractivity contribution in [3.8, 4) is 0 Å². The number of rotatable bonds is 6. The molecule has 118 valence electrons. The van der Waals surface area contributed by atoms with Gasteiger partial charge in [0.25, 0.3) is 0 Å². The van der Waals surface area contributed by atoms with Crippen LogP contribution in [0.25, 0.3) is 0 Å². The smallest absolute Gasteiger partial charge is 0.231 e. The Bertz CT molecular complexity index is 451. The molecule has 2 heterocycles. The van der Waals surface area contributed by atoms with Crippen LogP contribution in [0, 0.1) is 5.92 Å². The average molecular weight is 294 g/mol. The minimum Gasteiger partial charge on any atom is -0.396 e. The lowest BCUT2D eigenvalue weighted by Gasteiger charge is -2.32. The van der Waals surface area contributed by atoms with Gasteiger partial charge in [-0.05, 0) is 32.6 Å². The van der Waals surface area contributed by atoms with Crippen LogP contribution in [0.1, 0.15) is 26.7 Å². The molecule has 0 bridgehead atoms. The number of nitrogens with one attached hydrogen (secondary N) is 1. The second kappa shape index (κ2) is 7.40. The van der Waals surface area contributed by atoms with Crippen molar-refractivity contribution in [1.82, 2.24) is 15.0 Å². The minimum absolute atomic E-state index is 0.226. The quantitative estimate of drug-likeness (QED) is 0.809. The Morgan fingerprint density at radius 3 is 2.67 bits per heavy atom. The summed E-state index contributed by atoms with van der Waals surface area (Å²) in [4.78, 5) is 17.8. The van der Waals surface area contributed by atoms with Crippen molar-refractivity contribution in [1.29, 1.82) is 0 Å². The molecular weight excluding hydrogens is 268 g/mol. The zero-order chi connectivity index (χ0) is 15.2. The minimum atomic E-state index is 0.226. The Kier molecular flexibility index (Phi) is 5.55. The molecule has 1 saturated heterocycles. The van der Waals surface area contributed by atoms with Crippen molar-refractivity contribution in [2.24, 2.45) is 5.92 Å². The van der Waals surface area contributed by atoms with Crippen LogP contribution >= 0.6 is 0 Å². The van der Waals surface area contributed by atoms with Crippen LogP contribution in [0.15, 0.2) is 0 Å². The molecule has 1 aliphatic rings. The first kappa shape index (κ1) is 15.8. The molecule has 1 aromatic heterocycles. The summed E-state index contributed by atoms with van der Waals surface area (Å²) >= 11 is 0. The molecule has 7 nitrogen and oxygen atoms in total. The lowest BCUT2D eigenvalue weighted by molar-refractivity contribution is 0.208. The van der Waals surface area contributed by atoms with Gasteiger partial charge in [0.1, 0.15) is 0 Å². The van der Waals surface area contributed by atoms with Gasteiger partial charge in [-0.2, -0.15) is 15.0 Å². The first-order valence-electron chi connectivity index (χ1n) is 7.76. The van der Waals surface area contributed by atoms with E-state index in [9.17, 15) is 5.11 Å². The normalized spacial score (nSPS) is 18.7. The van der Waals surface area contributed by atoms with Gasteiger partial charge in [0.15, 0.2) is 0 Å². The molecule has 1 aliphatic heterocycles. The van der Waals surface area contributed by atoms with Gasteiger partial charge >= 0.3 is 0 Å². The fraction of sp³-hybridized carbons (Fsp3) is 0.786. The van der Waals surface area contributed by atoms with Gasteiger partial charge < -0.3 is 20.2 Å². The van der Waals surface area contributed by atoms with E-state index in [0.717, 1.165) is 39.0 Å². The first-order valence-corrected chi connectivity index (χ1v) is 7.76. The van der Waals surface area contributed by atoms with Gasteiger partial charge in [-0.15, -0.1) is 0 Å². The molecule has 0 saturated carbocycles. The largest absolute Gasteiger partial charge is 0.396 e. The summed E-state index contributed by atoms with van der Waals surface area (Å²) in [5.41, 5.74) is 0. The molecular formula is C14H26N6O. The second-order valence-corrected chi connectivity index (χ2v) is 5.32. The van der Waals surface area contributed by atoms with Crippen LogP contribution in [0.3, 0.4) is 0 Å². The number of aromatic nitrogens is 3. The zero-order valence-electron chi connectivity index (χ0n) is 13.2. The lowest BCUT2D eigenvalue weighted by Crippen LogP contribution is -2.38. The highest BCUT2D eigenvalue weighted by atomic mass is 16.3. The van der Waals surface area contributed by atoms with Crippen LogP contribution in [0.5, 0.6) is 0 Å². The Morgan fingerprint density at radius 2 is 2.05 bits per heavy atom. The van der Waals surface area contributed by atoms with Gasteiger partial charge in [0, 0.05) is 39.8 Å². The molecule has 0 amide bonds. The molecule has 2 rings (SSSR count). The number of anilines is 3. The molecule has 0 radical (unpaired) electrons. The highest BCUT2D eigenvalue weighted by Crippen LogP contribution is 2.22. The van der Waals surface area contributed by atoms with Gasteiger partial charge in [-0.3, -0.25) is 0 Å². The summed E-state index contributed by atoms with van der Waals surface area (Å²) in [6.45, 7) is 7.88. The van der Waals surface area contributed by atoms with Crippen molar-refractivity contribution in [3.63, 3.8) is 0 Å². The van der Waals surface area contributed by atoms with Crippen molar-refractivity contribution in [2.75, 3.05) is 55.0 Å². The van der Waals surface area contributed by atoms with Gasteiger partial charge in [0.05, 0.1) is 0 Å². The maximum atomic E-state index is 9.37. The molecule has 7 heteroatoms. The third-order valence-electron chi connectivity index (χ3n) is 3.94. The second-order valence-electron chi connectivity index (χ2n) is 5.32. The first-order chi connectivity index (χ1) is 10.2. The van der Waals surface area contributed by atoms with E-state index in [2.05, 4.69) is 43.9 Å². The predicted molar refractivity (Wildman–Crippen MR) is 85.0 cm³/mol. The SMILES string of the molecule is CCN(CC)c1nc(NC)nc(N2CCCC(CO)C2)n1.